The van der Waals surface area contributed by atoms with E-state index < -0.39 is 28.9 Å². The third-order valence-corrected chi connectivity index (χ3v) is 2.14. The molecule has 0 unspecified atom stereocenters. The lowest BCUT2D eigenvalue weighted by Crippen LogP contribution is -2.25. The summed E-state index contributed by atoms with van der Waals surface area (Å²) in [7, 11) is 1.23. The molecular formula is C9H5F2NO2. The molecule has 0 atom stereocenters. The van der Waals surface area contributed by atoms with Crippen LogP contribution in [0, 0.1) is 11.6 Å². The molecule has 1 aliphatic rings. The number of nitrogens with zero attached hydrogens (tertiary/aromatic N) is 1. The highest BCUT2D eigenvalue weighted by Gasteiger charge is 2.38. The van der Waals surface area contributed by atoms with Crippen LogP contribution in [0.25, 0.3) is 0 Å². The Morgan fingerprint density at radius 3 is 2.29 bits per heavy atom. The Labute approximate surface area is 77.9 Å². The van der Waals surface area contributed by atoms with Gasteiger partial charge < -0.3 is 4.90 Å². The molecule has 3 nitrogen and oxygen atoms in total. The molecule has 1 aliphatic heterocycles. The van der Waals surface area contributed by atoms with Crippen LogP contribution in [0.4, 0.5) is 14.5 Å². The van der Waals surface area contributed by atoms with Crippen LogP contribution in [-0.4, -0.2) is 18.7 Å². The van der Waals surface area contributed by atoms with Gasteiger partial charge in [-0.25, -0.2) is 8.78 Å². The zero-order valence-corrected chi connectivity index (χ0v) is 7.17. The third kappa shape index (κ3) is 0.891. The summed E-state index contributed by atoms with van der Waals surface area (Å²) in [6, 6.07) is 1.72. The number of anilines is 1. The number of amides is 1. The predicted molar refractivity (Wildman–Crippen MR) is 44.1 cm³/mol. The van der Waals surface area contributed by atoms with Gasteiger partial charge in [-0.3, -0.25) is 9.59 Å². The first-order chi connectivity index (χ1) is 6.54. The third-order valence-electron chi connectivity index (χ3n) is 2.14. The van der Waals surface area contributed by atoms with Crippen molar-refractivity contribution < 1.29 is 18.4 Å². The molecule has 72 valence electrons. The average Bonchev–Trinajstić information content (AvgIpc) is 2.38. The van der Waals surface area contributed by atoms with E-state index in [9.17, 15) is 18.4 Å². The molecule has 0 saturated heterocycles. The number of Topliss-reactive ketones (excluding diaryl/α,β-unsaturated/α-hetero) is 1. The van der Waals surface area contributed by atoms with Gasteiger partial charge in [0.2, 0.25) is 0 Å². The first-order valence-corrected chi connectivity index (χ1v) is 3.84. The van der Waals surface area contributed by atoms with Crippen molar-refractivity contribution >= 4 is 17.4 Å². The molecule has 0 saturated carbocycles. The number of rotatable bonds is 0. The van der Waals surface area contributed by atoms with E-state index in [2.05, 4.69) is 0 Å². The molecule has 0 bridgehead atoms. The second-order valence-corrected chi connectivity index (χ2v) is 2.95. The minimum Gasteiger partial charge on any atom is -0.305 e. The largest absolute Gasteiger partial charge is 0.305 e. The lowest BCUT2D eigenvalue weighted by molar-refractivity contribution is -0.114. The minimum atomic E-state index is -1.00. The Bertz CT molecular complexity index is 456. The lowest BCUT2D eigenvalue weighted by Gasteiger charge is -2.08. The van der Waals surface area contributed by atoms with Crippen LogP contribution in [0.15, 0.2) is 12.1 Å². The fraction of sp³-hybridized carbons (Fsp3) is 0.111. The number of hydrogen-bond acceptors (Lipinski definition) is 2. The van der Waals surface area contributed by atoms with Crippen LogP contribution in [0.5, 0.6) is 0 Å². The maximum absolute atomic E-state index is 13.2. The highest BCUT2D eigenvalue weighted by molar-refractivity contribution is 6.52. The highest BCUT2D eigenvalue weighted by atomic mass is 19.1. The van der Waals surface area contributed by atoms with E-state index in [1.807, 2.05) is 0 Å². The van der Waals surface area contributed by atoms with Crippen LogP contribution in [0.1, 0.15) is 10.4 Å². The summed E-state index contributed by atoms with van der Waals surface area (Å²) in [5.41, 5.74) is -0.752. The molecule has 14 heavy (non-hydrogen) atoms. The van der Waals surface area contributed by atoms with Crippen LogP contribution in [0.3, 0.4) is 0 Å². The zero-order chi connectivity index (χ0) is 10.5. The van der Waals surface area contributed by atoms with Gasteiger partial charge in [0.25, 0.3) is 11.7 Å². The maximum atomic E-state index is 13.2. The molecule has 0 radical (unpaired) electrons. The molecular weight excluding hydrogens is 192 g/mol. The summed E-state index contributed by atoms with van der Waals surface area (Å²) in [6.07, 6.45) is 0. The molecule has 5 heteroatoms. The lowest BCUT2D eigenvalue weighted by atomic mass is 10.1. The van der Waals surface area contributed by atoms with Crippen molar-refractivity contribution in [3.8, 4) is 0 Å². The summed E-state index contributed by atoms with van der Waals surface area (Å²) in [4.78, 5) is 23.1. The van der Waals surface area contributed by atoms with Crippen LogP contribution >= 0.6 is 0 Å². The van der Waals surface area contributed by atoms with Gasteiger partial charge in [-0.15, -0.1) is 0 Å². The van der Waals surface area contributed by atoms with Gasteiger partial charge in [0.1, 0.15) is 11.6 Å². The predicted octanol–water partition coefficient (Wildman–Crippen LogP) is 1.12. The maximum Gasteiger partial charge on any atom is 0.299 e. The van der Waals surface area contributed by atoms with Gasteiger partial charge >= 0.3 is 0 Å². The normalized spacial score (nSPS) is 14.9. The monoisotopic (exact) mass is 197 g/mol. The molecule has 2 rings (SSSR count). The number of halogens is 2. The minimum absolute atomic E-state index is 0.278. The molecule has 1 aromatic rings. The first-order valence-electron chi connectivity index (χ1n) is 3.84. The van der Waals surface area contributed by atoms with Gasteiger partial charge in [0.05, 0.1) is 11.3 Å². The van der Waals surface area contributed by atoms with Gasteiger partial charge in [-0.1, -0.05) is 0 Å². The number of carbonyl (C=O) groups is 2. The smallest absolute Gasteiger partial charge is 0.299 e. The number of hydrogen-bond donors (Lipinski definition) is 0. The number of fused-ring (bicyclic) bond motifs is 1. The zero-order valence-electron chi connectivity index (χ0n) is 7.17. The molecule has 0 fully saturated rings. The summed E-state index contributed by atoms with van der Waals surface area (Å²) in [6.45, 7) is 0. The first kappa shape index (κ1) is 8.80. The van der Waals surface area contributed by atoms with E-state index in [0.717, 1.165) is 17.0 Å². The van der Waals surface area contributed by atoms with Crippen molar-refractivity contribution in [2.75, 3.05) is 11.9 Å². The number of carbonyl (C=O) groups excluding carboxylic acids is 2. The Balaban J connectivity index is 2.80. The van der Waals surface area contributed by atoms with Crippen LogP contribution in [0.2, 0.25) is 0 Å². The van der Waals surface area contributed by atoms with Crippen molar-refractivity contribution in [1.29, 1.82) is 0 Å². The van der Waals surface area contributed by atoms with Crippen LogP contribution < -0.4 is 4.90 Å². The summed E-state index contributed by atoms with van der Waals surface area (Å²) < 4.78 is 26.3. The Hall–Kier alpha value is -1.78. The number of benzene rings is 1. The molecule has 0 spiro atoms. The summed E-state index contributed by atoms with van der Waals surface area (Å²) in [5, 5.41) is 0. The van der Waals surface area contributed by atoms with Crippen LogP contribution in [-0.2, 0) is 4.79 Å². The van der Waals surface area contributed by atoms with Crippen molar-refractivity contribution in [3.05, 3.63) is 29.3 Å². The quantitative estimate of drug-likeness (QED) is 0.584. The number of ketones is 1. The fourth-order valence-corrected chi connectivity index (χ4v) is 1.45. The topological polar surface area (TPSA) is 37.4 Å². The van der Waals surface area contributed by atoms with Gasteiger partial charge in [-0.05, 0) is 12.1 Å². The molecule has 0 N–H and O–H groups in total. The van der Waals surface area contributed by atoms with Crippen molar-refractivity contribution in [1.82, 2.24) is 0 Å². The molecule has 1 heterocycles. The van der Waals surface area contributed by atoms with E-state index in [-0.39, 0.29) is 5.69 Å². The second kappa shape index (κ2) is 2.60. The van der Waals surface area contributed by atoms with Crippen molar-refractivity contribution in [2.24, 2.45) is 0 Å². The van der Waals surface area contributed by atoms with E-state index in [1.54, 1.807) is 0 Å². The SMILES string of the molecule is CN1C(=O)C(=O)c2c(F)ccc(F)c21. The van der Waals surface area contributed by atoms with Crippen molar-refractivity contribution in [3.63, 3.8) is 0 Å². The number of likely N-dealkylation sites (N-methyl/N-ethyl adjacent to an activating group) is 1. The van der Waals surface area contributed by atoms with E-state index in [1.165, 1.54) is 7.05 Å². The molecule has 0 aromatic heterocycles. The molecule has 0 aliphatic carbocycles. The van der Waals surface area contributed by atoms with Gasteiger partial charge in [0, 0.05) is 7.05 Å². The summed E-state index contributed by atoms with van der Waals surface area (Å²) >= 11 is 0. The molecule has 1 amide bonds. The Morgan fingerprint density at radius 1 is 1.14 bits per heavy atom. The Morgan fingerprint density at radius 2 is 1.71 bits per heavy atom. The van der Waals surface area contributed by atoms with E-state index in [4.69, 9.17) is 0 Å². The second-order valence-electron chi connectivity index (χ2n) is 2.95. The fourth-order valence-electron chi connectivity index (χ4n) is 1.45. The molecule has 1 aromatic carbocycles. The van der Waals surface area contributed by atoms with Gasteiger partial charge in [0.15, 0.2) is 0 Å². The van der Waals surface area contributed by atoms with Crippen molar-refractivity contribution in [2.45, 2.75) is 0 Å². The Kier molecular flexibility index (Phi) is 1.64. The van der Waals surface area contributed by atoms with Gasteiger partial charge in [-0.2, -0.15) is 0 Å². The summed E-state index contributed by atoms with van der Waals surface area (Å²) in [5.74, 6) is -3.56. The highest BCUT2D eigenvalue weighted by Crippen LogP contribution is 2.32. The standard InChI is InChI=1S/C9H5F2NO2/c1-12-7-5(11)3-2-4(10)6(7)8(13)9(12)14/h2-3H,1H3. The van der Waals surface area contributed by atoms with E-state index >= 15 is 0 Å². The average molecular weight is 197 g/mol. The van der Waals surface area contributed by atoms with E-state index in [0.29, 0.717) is 0 Å².